The molecule has 0 bridgehead atoms. The maximum Gasteiger partial charge on any atom is 0.0807 e. The first kappa shape index (κ1) is 15.4. The van der Waals surface area contributed by atoms with E-state index in [1.807, 2.05) is 13.8 Å². The molecule has 0 saturated carbocycles. The molecule has 1 saturated heterocycles. The summed E-state index contributed by atoms with van der Waals surface area (Å²) in [5.74, 6) is 0. The quantitative estimate of drug-likeness (QED) is 0.470. The zero-order chi connectivity index (χ0) is 10.5. The van der Waals surface area contributed by atoms with Crippen molar-refractivity contribution in [3.8, 4) is 0 Å². The van der Waals surface area contributed by atoms with Crippen LogP contribution in [0.25, 0.3) is 0 Å². The molecule has 1 aliphatic rings. The Balaban J connectivity index is 0. The van der Waals surface area contributed by atoms with Gasteiger partial charge in [-0.05, 0) is 6.42 Å². The molecular weight excluding hydrogens is 160 g/mol. The maximum atomic E-state index is 4.86. The van der Waals surface area contributed by atoms with Gasteiger partial charge < -0.3 is 4.74 Å². The van der Waals surface area contributed by atoms with Crippen LogP contribution < -0.4 is 0 Å². The van der Waals surface area contributed by atoms with Crippen molar-refractivity contribution >= 4 is 0 Å². The molecule has 0 amide bonds. The van der Waals surface area contributed by atoms with Gasteiger partial charge in [0.1, 0.15) is 0 Å². The Hall–Kier alpha value is -0.0400. The Morgan fingerprint density at radius 1 is 1.00 bits per heavy atom. The van der Waals surface area contributed by atoms with Crippen LogP contribution in [0.3, 0.4) is 0 Å². The third-order valence-electron chi connectivity index (χ3n) is 1.81. The van der Waals surface area contributed by atoms with Crippen molar-refractivity contribution in [2.75, 3.05) is 6.61 Å². The molecule has 0 aliphatic carbocycles. The summed E-state index contributed by atoms with van der Waals surface area (Å²) < 4.78 is 4.86. The highest BCUT2D eigenvalue weighted by Gasteiger charge is 2.18. The third-order valence-corrected chi connectivity index (χ3v) is 1.81. The normalized spacial score (nSPS) is 17.8. The highest BCUT2D eigenvalue weighted by Crippen LogP contribution is 2.10. The summed E-state index contributed by atoms with van der Waals surface area (Å²) in [5.41, 5.74) is 0. The van der Waals surface area contributed by atoms with Gasteiger partial charge in [0.2, 0.25) is 0 Å². The SMILES string of the molecule is CC.CCC1CO1.CCCCCC. The maximum absolute atomic E-state index is 4.86. The highest BCUT2D eigenvalue weighted by molar-refractivity contribution is 4.64. The van der Waals surface area contributed by atoms with Crippen molar-refractivity contribution < 1.29 is 4.74 Å². The van der Waals surface area contributed by atoms with Gasteiger partial charge in [-0.2, -0.15) is 0 Å². The lowest BCUT2D eigenvalue weighted by Gasteiger charge is -1.86. The Bertz CT molecular complexity index is 63.5. The van der Waals surface area contributed by atoms with E-state index in [4.69, 9.17) is 4.74 Å². The van der Waals surface area contributed by atoms with Crippen LogP contribution in [0.5, 0.6) is 0 Å². The first-order valence-corrected chi connectivity index (χ1v) is 5.96. The zero-order valence-corrected chi connectivity index (χ0v) is 10.2. The Morgan fingerprint density at radius 3 is 1.46 bits per heavy atom. The van der Waals surface area contributed by atoms with Crippen molar-refractivity contribution in [3.63, 3.8) is 0 Å². The van der Waals surface area contributed by atoms with Gasteiger partial charge in [-0.25, -0.2) is 0 Å². The standard InChI is InChI=1S/C6H14.C4H8O.C2H6/c1-3-5-6-4-2;1-2-4-3-5-4;1-2/h3-6H2,1-2H3;4H,2-3H2,1H3;1-2H3. The molecule has 0 aromatic heterocycles. The highest BCUT2D eigenvalue weighted by atomic mass is 16.6. The molecule has 0 N–H and O–H groups in total. The first-order chi connectivity index (χ1) is 6.35. The molecule has 0 radical (unpaired) electrons. The van der Waals surface area contributed by atoms with Gasteiger partial charge in [-0.1, -0.05) is 60.3 Å². The summed E-state index contributed by atoms with van der Waals surface area (Å²) >= 11 is 0. The predicted octanol–water partition coefficient (Wildman–Crippen LogP) is 4.41. The lowest BCUT2D eigenvalue weighted by Crippen LogP contribution is -1.73. The minimum atomic E-state index is 0.634. The Labute approximate surface area is 84.9 Å². The third kappa shape index (κ3) is 18.7. The molecule has 1 heteroatoms. The molecule has 0 spiro atoms. The summed E-state index contributed by atoms with van der Waals surface area (Å²) in [7, 11) is 0. The minimum Gasteiger partial charge on any atom is -0.373 e. The van der Waals surface area contributed by atoms with E-state index < -0.39 is 0 Å². The number of rotatable bonds is 4. The van der Waals surface area contributed by atoms with E-state index in [1.165, 1.54) is 32.1 Å². The number of hydrogen-bond donors (Lipinski definition) is 0. The molecule has 1 atom stereocenters. The fraction of sp³-hybridized carbons (Fsp3) is 1.00. The Morgan fingerprint density at radius 2 is 1.38 bits per heavy atom. The van der Waals surface area contributed by atoms with Crippen LogP contribution in [0.4, 0.5) is 0 Å². The molecule has 0 aromatic rings. The lowest BCUT2D eigenvalue weighted by molar-refractivity contribution is 0.403. The van der Waals surface area contributed by atoms with Crippen molar-refractivity contribution in [3.05, 3.63) is 0 Å². The van der Waals surface area contributed by atoms with Gasteiger partial charge in [0.15, 0.2) is 0 Å². The summed E-state index contributed by atoms with van der Waals surface area (Å²) in [6.07, 6.45) is 7.37. The zero-order valence-electron chi connectivity index (χ0n) is 10.2. The molecule has 1 nitrogen and oxygen atoms in total. The second-order valence-electron chi connectivity index (χ2n) is 3.07. The first-order valence-electron chi connectivity index (χ1n) is 5.96. The second kappa shape index (κ2) is 14.5. The van der Waals surface area contributed by atoms with Crippen LogP contribution in [-0.2, 0) is 4.74 Å². The molecule has 1 fully saturated rings. The van der Waals surface area contributed by atoms with Gasteiger partial charge in [-0.15, -0.1) is 0 Å². The van der Waals surface area contributed by atoms with Crippen LogP contribution in [0.2, 0.25) is 0 Å². The van der Waals surface area contributed by atoms with Gasteiger partial charge in [0, 0.05) is 0 Å². The average molecular weight is 188 g/mol. The minimum absolute atomic E-state index is 0.634. The van der Waals surface area contributed by atoms with Gasteiger partial charge >= 0.3 is 0 Å². The second-order valence-corrected chi connectivity index (χ2v) is 3.07. The van der Waals surface area contributed by atoms with Gasteiger partial charge in [0.05, 0.1) is 12.7 Å². The Kier molecular flexibility index (Phi) is 17.2. The molecule has 1 heterocycles. The van der Waals surface area contributed by atoms with E-state index in [0.29, 0.717) is 6.10 Å². The lowest BCUT2D eigenvalue weighted by atomic mass is 10.2. The molecule has 1 unspecified atom stereocenters. The summed E-state index contributed by atoms with van der Waals surface area (Å²) in [5, 5.41) is 0. The van der Waals surface area contributed by atoms with Crippen molar-refractivity contribution in [2.45, 2.75) is 72.8 Å². The molecule has 0 aromatic carbocycles. The van der Waals surface area contributed by atoms with E-state index in [9.17, 15) is 0 Å². The van der Waals surface area contributed by atoms with E-state index in [1.54, 1.807) is 0 Å². The molecule has 1 aliphatic heterocycles. The van der Waals surface area contributed by atoms with Crippen LogP contribution in [0, 0.1) is 0 Å². The smallest absolute Gasteiger partial charge is 0.0807 e. The van der Waals surface area contributed by atoms with E-state index >= 15 is 0 Å². The topological polar surface area (TPSA) is 12.5 Å². The van der Waals surface area contributed by atoms with E-state index in [0.717, 1.165) is 6.61 Å². The average Bonchev–Trinajstić information content (AvgIpc) is 3.02. The summed E-state index contributed by atoms with van der Waals surface area (Å²) in [4.78, 5) is 0. The van der Waals surface area contributed by atoms with Gasteiger partial charge in [-0.3, -0.25) is 0 Å². The molecular formula is C12H28O. The molecule has 82 valence electrons. The fourth-order valence-corrected chi connectivity index (χ4v) is 0.804. The number of hydrogen-bond acceptors (Lipinski definition) is 1. The van der Waals surface area contributed by atoms with Crippen LogP contribution in [-0.4, -0.2) is 12.7 Å². The largest absolute Gasteiger partial charge is 0.373 e. The van der Waals surface area contributed by atoms with Crippen molar-refractivity contribution in [1.82, 2.24) is 0 Å². The summed E-state index contributed by atoms with van der Waals surface area (Å²) in [6, 6.07) is 0. The van der Waals surface area contributed by atoms with Gasteiger partial charge in [0.25, 0.3) is 0 Å². The number of unbranched alkanes of at least 4 members (excludes halogenated alkanes) is 3. The van der Waals surface area contributed by atoms with E-state index in [2.05, 4.69) is 20.8 Å². The van der Waals surface area contributed by atoms with Crippen LogP contribution in [0.15, 0.2) is 0 Å². The number of ether oxygens (including phenoxy) is 1. The van der Waals surface area contributed by atoms with Crippen LogP contribution in [0.1, 0.15) is 66.7 Å². The monoisotopic (exact) mass is 188 g/mol. The van der Waals surface area contributed by atoms with Crippen molar-refractivity contribution in [1.29, 1.82) is 0 Å². The molecule has 1 rings (SSSR count). The summed E-state index contributed by atoms with van der Waals surface area (Å²) in [6.45, 7) is 11.6. The van der Waals surface area contributed by atoms with Crippen molar-refractivity contribution in [2.24, 2.45) is 0 Å². The van der Waals surface area contributed by atoms with E-state index in [-0.39, 0.29) is 0 Å². The molecule has 13 heavy (non-hydrogen) atoms. The fourth-order valence-electron chi connectivity index (χ4n) is 0.804. The van der Waals surface area contributed by atoms with Crippen LogP contribution >= 0.6 is 0 Å². The predicted molar refractivity (Wildman–Crippen MR) is 61.2 cm³/mol. The number of epoxide rings is 1.